The van der Waals surface area contributed by atoms with E-state index in [0.29, 0.717) is 13.0 Å². The van der Waals surface area contributed by atoms with Gasteiger partial charge in [-0.15, -0.1) is 0 Å². The van der Waals surface area contributed by atoms with Crippen LogP contribution >= 0.6 is 22.6 Å². The molecule has 0 saturated carbocycles. The summed E-state index contributed by atoms with van der Waals surface area (Å²) in [7, 11) is 0. The molecule has 3 nitrogen and oxygen atoms in total. The number of rotatable bonds is 8. The lowest BCUT2D eigenvalue weighted by Crippen LogP contribution is -2.16. The van der Waals surface area contributed by atoms with E-state index in [1.807, 2.05) is 79.7 Å². The number of halogens is 1. The lowest BCUT2D eigenvalue weighted by Gasteiger charge is -2.21. The molecule has 0 aliphatic heterocycles. The molecule has 1 atom stereocenters. The van der Waals surface area contributed by atoms with Gasteiger partial charge >= 0.3 is 0 Å². The van der Waals surface area contributed by atoms with Crippen molar-refractivity contribution in [3.05, 3.63) is 106 Å². The van der Waals surface area contributed by atoms with E-state index in [-0.39, 0.29) is 11.8 Å². The van der Waals surface area contributed by atoms with Crippen LogP contribution in [0.3, 0.4) is 0 Å². The van der Waals surface area contributed by atoms with Crippen molar-refractivity contribution in [2.24, 2.45) is 0 Å². The zero-order valence-electron chi connectivity index (χ0n) is 17.3. The Morgan fingerprint density at radius 2 is 1.61 bits per heavy atom. The number of benzene rings is 4. The number of nitrogens with one attached hydrogen (secondary N) is 1. The summed E-state index contributed by atoms with van der Waals surface area (Å²) in [5, 5.41) is 5.77. The molecule has 0 aliphatic carbocycles. The highest BCUT2D eigenvalue weighted by Crippen LogP contribution is 2.27. The maximum atomic E-state index is 13.2. The van der Waals surface area contributed by atoms with Crippen LogP contribution in [0.5, 0.6) is 5.75 Å². The molecule has 0 heterocycles. The van der Waals surface area contributed by atoms with Crippen LogP contribution in [-0.2, 0) is 0 Å². The molecular formula is C27H24INO2. The molecule has 4 aromatic rings. The Bertz CT molecular complexity index is 1170. The number of ether oxygens (including phenoxy) is 1. The highest BCUT2D eigenvalue weighted by Gasteiger charge is 2.18. The van der Waals surface area contributed by atoms with Crippen molar-refractivity contribution < 1.29 is 9.53 Å². The topological polar surface area (TPSA) is 38.3 Å². The maximum Gasteiger partial charge on any atom is 0.165 e. The van der Waals surface area contributed by atoms with Crippen molar-refractivity contribution in [1.29, 1.82) is 0 Å². The molecule has 0 radical (unpaired) electrons. The molecule has 0 spiro atoms. The average Bonchev–Trinajstić information content (AvgIpc) is 2.80. The van der Waals surface area contributed by atoms with Crippen molar-refractivity contribution >= 4 is 44.8 Å². The number of fused-ring (bicyclic) bond motifs is 1. The van der Waals surface area contributed by atoms with Crippen molar-refractivity contribution in [3.8, 4) is 5.75 Å². The summed E-state index contributed by atoms with van der Waals surface area (Å²) in [5.74, 6) is 0.947. The average molecular weight is 521 g/mol. The van der Waals surface area contributed by atoms with E-state index < -0.39 is 0 Å². The van der Waals surface area contributed by atoms with Gasteiger partial charge in [-0.2, -0.15) is 0 Å². The molecule has 0 fully saturated rings. The zero-order chi connectivity index (χ0) is 21.6. The smallest absolute Gasteiger partial charge is 0.165 e. The Hall–Kier alpha value is -2.86. The number of anilines is 1. The van der Waals surface area contributed by atoms with Gasteiger partial charge in [0.15, 0.2) is 5.78 Å². The van der Waals surface area contributed by atoms with Crippen molar-refractivity contribution in [1.82, 2.24) is 0 Å². The molecule has 31 heavy (non-hydrogen) atoms. The number of ketones is 1. The van der Waals surface area contributed by atoms with Gasteiger partial charge in [-0.3, -0.25) is 4.79 Å². The largest absolute Gasteiger partial charge is 0.494 e. The van der Waals surface area contributed by atoms with E-state index in [2.05, 4.69) is 46.1 Å². The summed E-state index contributed by atoms with van der Waals surface area (Å²) in [6.07, 6.45) is 0.359. The molecule has 0 aromatic heterocycles. The fourth-order valence-electron chi connectivity index (χ4n) is 3.63. The molecule has 0 saturated heterocycles. The normalized spacial score (nSPS) is 11.8. The van der Waals surface area contributed by atoms with Gasteiger partial charge in [0, 0.05) is 21.2 Å². The minimum Gasteiger partial charge on any atom is -0.494 e. The van der Waals surface area contributed by atoms with Gasteiger partial charge in [0.05, 0.1) is 12.6 Å². The minimum atomic E-state index is -0.144. The molecule has 4 aromatic carbocycles. The molecule has 4 rings (SSSR count). The van der Waals surface area contributed by atoms with E-state index in [1.54, 1.807) is 0 Å². The van der Waals surface area contributed by atoms with Crippen LogP contribution < -0.4 is 10.1 Å². The fourth-order valence-corrected chi connectivity index (χ4v) is 3.99. The number of carbonyl (C=O) groups excluding carboxylic acids is 1. The first-order chi connectivity index (χ1) is 15.1. The Balaban J connectivity index is 1.60. The molecule has 156 valence electrons. The third kappa shape index (κ3) is 5.44. The quantitative estimate of drug-likeness (QED) is 0.196. The standard InChI is InChI=1S/C27H24INO2/c1-2-31-25-15-9-20(10-16-25)26(29-24-13-11-23(28)12-14-24)18-27(30)22-8-7-19-5-3-4-6-21(19)17-22/h3-17,26,29H,2,18H2,1H3. The van der Waals surface area contributed by atoms with Crippen LogP contribution in [0.4, 0.5) is 5.69 Å². The first-order valence-corrected chi connectivity index (χ1v) is 11.5. The summed E-state index contributed by atoms with van der Waals surface area (Å²) in [5.41, 5.74) is 2.78. The lowest BCUT2D eigenvalue weighted by molar-refractivity contribution is 0.0976. The molecule has 1 unspecified atom stereocenters. The first kappa shape index (κ1) is 21.4. The highest BCUT2D eigenvalue weighted by atomic mass is 127. The second-order valence-electron chi connectivity index (χ2n) is 7.40. The van der Waals surface area contributed by atoms with E-state index in [9.17, 15) is 4.79 Å². The number of hydrogen-bond acceptors (Lipinski definition) is 3. The summed E-state index contributed by atoms with van der Waals surface area (Å²) in [4.78, 5) is 13.2. The Morgan fingerprint density at radius 3 is 2.32 bits per heavy atom. The second kappa shape index (κ2) is 9.96. The van der Waals surface area contributed by atoms with E-state index in [0.717, 1.165) is 33.3 Å². The third-order valence-electron chi connectivity index (χ3n) is 5.24. The zero-order valence-corrected chi connectivity index (χ0v) is 19.5. The van der Waals surface area contributed by atoms with Crippen molar-refractivity contribution in [2.75, 3.05) is 11.9 Å². The fraction of sp³-hybridized carbons (Fsp3) is 0.148. The van der Waals surface area contributed by atoms with Crippen LogP contribution in [-0.4, -0.2) is 12.4 Å². The Labute approximate surface area is 196 Å². The van der Waals surface area contributed by atoms with Gasteiger partial charge in [-0.05, 0) is 88.3 Å². The van der Waals surface area contributed by atoms with E-state index in [4.69, 9.17) is 4.74 Å². The highest BCUT2D eigenvalue weighted by molar-refractivity contribution is 14.1. The van der Waals surface area contributed by atoms with Gasteiger partial charge in [0.1, 0.15) is 5.75 Å². The predicted octanol–water partition coefficient (Wildman–Crippen LogP) is 7.27. The lowest BCUT2D eigenvalue weighted by atomic mass is 9.96. The van der Waals surface area contributed by atoms with Gasteiger partial charge in [0.25, 0.3) is 0 Å². The number of carbonyl (C=O) groups is 1. The summed E-state index contributed by atoms with van der Waals surface area (Å²) in [6, 6.07) is 30.1. The Morgan fingerprint density at radius 1 is 0.903 bits per heavy atom. The minimum absolute atomic E-state index is 0.114. The van der Waals surface area contributed by atoms with Crippen LogP contribution in [0.2, 0.25) is 0 Å². The molecule has 4 heteroatoms. The van der Waals surface area contributed by atoms with Crippen LogP contribution in [0.1, 0.15) is 35.3 Å². The van der Waals surface area contributed by atoms with Crippen LogP contribution in [0.15, 0.2) is 91.0 Å². The second-order valence-corrected chi connectivity index (χ2v) is 8.64. The third-order valence-corrected chi connectivity index (χ3v) is 5.96. The summed E-state index contributed by atoms with van der Waals surface area (Å²) in [6.45, 7) is 2.60. The summed E-state index contributed by atoms with van der Waals surface area (Å²) >= 11 is 2.29. The molecular weight excluding hydrogens is 497 g/mol. The number of Topliss-reactive ketones (excluding diaryl/α,β-unsaturated/α-hetero) is 1. The molecule has 0 bridgehead atoms. The summed E-state index contributed by atoms with van der Waals surface area (Å²) < 4.78 is 6.75. The first-order valence-electron chi connectivity index (χ1n) is 10.4. The van der Waals surface area contributed by atoms with Crippen LogP contribution in [0.25, 0.3) is 10.8 Å². The van der Waals surface area contributed by atoms with Crippen molar-refractivity contribution in [2.45, 2.75) is 19.4 Å². The molecule has 0 aliphatic rings. The molecule has 1 N–H and O–H groups in total. The number of hydrogen-bond donors (Lipinski definition) is 1. The van der Waals surface area contributed by atoms with E-state index >= 15 is 0 Å². The van der Waals surface area contributed by atoms with Crippen molar-refractivity contribution in [3.63, 3.8) is 0 Å². The Kier molecular flexibility index (Phi) is 6.87. The van der Waals surface area contributed by atoms with Gasteiger partial charge in [0.2, 0.25) is 0 Å². The monoisotopic (exact) mass is 521 g/mol. The van der Waals surface area contributed by atoms with Gasteiger partial charge in [-0.25, -0.2) is 0 Å². The van der Waals surface area contributed by atoms with E-state index in [1.165, 1.54) is 3.57 Å². The maximum absolute atomic E-state index is 13.2. The predicted molar refractivity (Wildman–Crippen MR) is 136 cm³/mol. The van der Waals surface area contributed by atoms with Crippen LogP contribution in [0, 0.1) is 3.57 Å². The molecule has 0 amide bonds. The SMILES string of the molecule is CCOc1ccc(C(CC(=O)c2ccc3ccccc3c2)Nc2ccc(I)cc2)cc1. The van der Waals surface area contributed by atoms with Gasteiger partial charge in [-0.1, -0.05) is 48.5 Å². The van der Waals surface area contributed by atoms with Gasteiger partial charge < -0.3 is 10.1 Å².